The molecule has 1 aliphatic heterocycles. The van der Waals surface area contributed by atoms with Gasteiger partial charge in [-0.2, -0.15) is 0 Å². The summed E-state index contributed by atoms with van der Waals surface area (Å²) in [6.45, 7) is 2.20. The summed E-state index contributed by atoms with van der Waals surface area (Å²) in [7, 11) is 1.37. The number of nitrogens with zero attached hydrogens (tertiary/aromatic N) is 2. The maximum Gasteiger partial charge on any atom is 0.338 e. The standard InChI is InChI=1S/C7H14N2.C3H7O5P/c1-4-7-8(2)5-6-9(7)3;1-8-9(6,7)2-3(4)5/h5-7H,4H2,1-3H3;2H2,1H3,(H,4,5)(H,6,7). The minimum Gasteiger partial charge on any atom is -0.481 e. The molecule has 7 nitrogen and oxygen atoms in total. The molecule has 106 valence electrons. The highest BCUT2D eigenvalue weighted by Crippen LogP contribution is 2.39. The summed E-state index contributed by atoms with van der Waals surface area (Å²) in [4.78, 5) is 22.7. The van der Waals surface area contributed by atoms with E-state index in [1.54, 1.807) is 0 Å². The predicted octanol–water partition coefficient (Wildman–Crippen LogP) is 0.974. The molecule has 2 N–H and O–H groups in total. The van der Waals surface area contributed by atoms with Crippen LogP contribution < -0.4 is 0 Å². The van der Waals surface area contributed by atoms with Gasteiger partial charge in [0.05, 0.1) is 6.17 Å². The largest absolute Gasteiger partial charge is 0.481 e. The van der Waals surface area contributed by atoms with Gasteiger partial charge in [-0.15, -0.1) is 0 Å². The average Bonchev–Trinajstić information content (AvgIpc) is 2.57. The molecule has 1 atom stereocenters. The second-order valence-electron chi connectivity index (χ2n) is 3.89. The van der Waals surface area contributed by atoms with Gasteiger partial charge in [-0.05, 0) is 6.42 Å². The van der Waals surface area contributed by atoms with Crippen molar-refractivity contribution >= 4 is 13.6 Å². The first-order chi connectivity index (χ1) is 8.23. The summed E-state index contributed by atoms with van der Waals surface area (Å²) in [5.41, 5.74) is 0. The van der Waals surface area contributed by atoms with Crippen molar-refractivity contribution in [2.75, 3.05) is 27.4 Å². The number of hydrogen-bond acceptors (Lipinski definition) is 5. The van der Waals surface area contributed by atoms with Gasteiger partial charge < -0.3 is 24.3 Å². The maximum absolute atomic E-state index is 10.3. The third-order valence-corrected chi connectivity index (χ3v) is 3.70. The molecule has 0 saturated heterocycles. The zero-order valence-electron chi connectivity index (χ0n) is 11.1. The molecule has 8 heteroatoms. The van der Waals surface area contributed by atoms with E-state index in [0.717, 1.165) is 7.11 Å². The Morgan fingerprint density at radius 1 is 1.39 bits per heavy atom. The molecule has 0 aromatic carbocycles. The Labute approximate surface area is 107 Å². The first kappa shape index (κ1) is 17.0. The molecule has 1 aliphatic rings. The Morgan fingerprint density at radius 2 is 1.83 bits per heavy atom. The van der Waals surface area contributed by atoms with Gasteiger partial charge in [0.2, 0.25) is 0 Å². The van der Waals surface area contributed by atoms with Gasteiger partial charge in [-0.1, -0.05) is 6.92 Å². The molecule has 0 bridgehead atoms. The smallest absolute Gasteiger partial charge is 0.338 e. The van der Waals surface area contributed by atoms with Crippen LogP contribution in [0.15, 0.2) is 12.4 Å². The number of hydrogen-bond donors (Lipinski definition) is 2. The number of rotatable bonds is 4. The molecule has 0 radical (unpaired) electrons. The molecule has 18 heavy (non-hydrogen) atoms. The lowest BCUT2D eigenvalue weighted by atomic mass is 10.3. The predicted molar refractivity (Wildman–Crippen MR) is 68.1 cm³/mol. The number of carboxylic acids is 1. The molecule has 1 heterocycles. The van der Waals surface area contributed by atoms with Crippen molar-refractivity contribution in [1.82, 2.24) is 9.80 Å². The number of carbonyl (C=O) groups is 1. The van der Waals surface area contributed by atoms with E-state index in [1.165, 1.54) is 6.42 Å². The molecule has 1 unspecified atom stereocenters. The van der Waals surface area contributed by atoms with Gasteiger partial charge in [0.15, 0.2) is 0 Å². The van der Waals surface area contributed by atoms with Crippen molar-refractivity contribution < 1.29 is 23.9 Å². The van der Waals surface area contributed by atoms with Crippen LogP contribution in [0.5, 0.6) is 0 Å². The van der Waals surface area contributed by atoms with Crippen LogP contribution in [0.2, 0.25) is 0 Å². The molecule has 0 spiro atoms. The Morgan fingerprint density at radius 3 is 2.00 bits per heavy atom. The van der Waals surface area contributed by atoms with E-state index < -0.39 is 19.7 Å². The summed E-state index contributed by atoms with van der Waals surface area (Å²) in [5, 5.41) is 7.97. The second-order valence-corrected chi connectivity index (χ2v) is 5.85. The molecule has 1 rings (SSSR count). The van der Waals surface area contributed by atoms with E-state index in [4.69, 9.17) is 10.00 Å². The van der Waals surface area contributed by atoms with Gasteiger partial charge in [0.1, 0.15) is 6.16 Å². The normalized spacial score (nSPS) is 18.3. The van der Waals surface area contributed by atoms with E-state index >= 15 is 0 Å². The maximum atomic E-state index is 10.3. The molecule has 0 fully saturated rings. The first-order valence-corrected chi connectivity index (χ1v) is 7.21. The Bertz CT molecular complexity index is 335. The summed E-state index contributed by atoms with van der Waals surface area (Å²) in [6.07, 6.45) is 5.14. The quantitative estimate of drug-likeness (QED) is 0.741. The minimum absolute atomic E-state index is 0.588. The van der Waals surface area contributed by atoms with Crippen molar-refractivity contribution in [1.29, 1.82) is 0 Å². The second kappa shape index (κ2) is 7.41. The fraction of sp³-hybridized carbons (Fsp3) is 0.700. The molecule has 0 saturated carbocycles. The van der Waals surface area contributed by atoms with Gasteiger partial charge in [-0.25, -0.2) is 0 Å². The molecule has 0 aromatic rings. The van der Waals surface area contributed by atoms with Crippen LogP contribution in [0.1, 0.15) is 13.3 Å². The van der Waals surface area contributed by atoms with Gasteiger partial charge in [-0.3, -0.25) is 9.36 Å². The van der Waals surface area contributed by atoms with E-state index in [2.05, 4.69) is 47.7 Å². The average molecular weight is 280 g/mol. The monoisotopic (exact) mass is 280 g/mol. The zero-order valence-corrected chi connectivity index (χ0v) is 12.0. The van der Waals surface area contributed by atoms with Crippen LogP contribution in [0.4, 0.5) is 0 Å². The van der Waals surface area contributed by atoms with Crippen molar-refractivity contribution in [3.05, 3.63) is 12.4 Å². The fourth-order valence-electron chi connectivity index (χ4n) is 1.51. The van der Waals surface area contributed by atoms with Gasteiger partial charge in [0, 0.05) is 33.6 Å². The van der Waals surface area contributed by atoms with Crippen molar-refractivity contribution in [2.45, 2.75) is 19.5 Å². The highest BCUT2D eigenvalue weighted by Gasteiger charge is 2.21. The lowest BCUT2D eigenvalue weighted by molar-refractivity contribution is -0.134. The zero-order chi connectivity index (χ0) is 14.3. The molecule has 0 amide bonds. The van der Waals surface area contributed by atoms with Crippen molar-refractivity contribution in [3.63, 3.8) is 0 Å². The first-order valence-electron chi connectivity index (χ1n) is 5.45. The van der Waals surface area contributed by atoms with Crippen LogP contribution >= 0.6 is 7.60 Å². The van der Waals surface area contributed by atoms with E-state index in [0.29, 0.717) is 6.17 Å². The SMILES string of the molecule is CCC1N(C)C=CN1C.COP(=O)(O)CC(=O)O. The lowest BCUT2D eigenvalue weighted by Gasteiger charge is -2.25. The molecule has 0 aromatic heterocycles. The van der Waals surface area contributed by atoms with Crippen LogP contribution in [0, 0.1) is 0 Å². The van der Waals surface area contributed by atoms with Crippen molar-refractivity contribution in [2.24, 2.45) is 0 Å². The third kappa shape index (κ3) is 6.05. The summed E-state index contributed by atoms with van der Waals surface area (Å²) < 4.78 is 14.3. The van der Waals surface area contributed by atoms with E-state index in [9.17, 15) is 9.36 Å². The lowest BCUT2D eigenvalue weighted by Crippen LogP contribution is -2.32. The fourth-order valence-corrected chi connectivity index (χ4v) is 1.98. The van der Waals surface area contributed by atoms with Crippen molar-refractivity contribution in [3.8, 4) is 0 Å². The van der Waals surface area contributed by atoms with Gasteiger partial charge in [0.25, 0.3) is 0 Å². The summed E-state index contributed by atoms with van der Waals surface area (Å²) >= 11 is 0. The van der Waals surface area contributed by atoms with E-state index in [-0.39, 0.29) is 0 Å². The highest BCUT2D eigenvalue weighted by atomic mass is 31.2. The Hall–Kier alpha value is -1.04. The Balaban J connectivity index is 0.000000321. The number of aliphatic carboxylic acids is 1. The van der Waals surface area contributed by atoms with Gasteiger partial charge >= 0.3 is 13.6 Å². The minimum atomic E-state index is -3.83. The summed E-state index contributed by atoms with van der Waals surface area (Å²) in [5.74, 6) is -1.34. The van der Waals surface area contributed by atoms with Crippen LogP contribution in [-0.4, -0.2) is 59.3 Å². The summed E-state index contributed by atoms with van der Waals surface area (Å²) in [6, 6.07) is 0. The van der Waals surface area contributed by atoms with Crippen LogP contribution in [-0.2, 0) is 13.9 Å². The highest BCUT2D eigenvalue weighted by molar-refractivity contribution is 7.53. The van der Waals surface area contributed by atoms with Crippen LogP contribution in [0.25, 0.3) is 0 Å². The molecular weight excluding hydrogens is 259 g/mol. The van der Waals surface area contributed by atoms with Crippen LogP contribution in [0.3, 0.4) is 0 Å². The van der Waals surface area contributed by atoms with E-state index in [1.807, 2.05) is 0 Å². The third-order valence-electron chi connectivity index (χ3n) is 2.46. The molecular formula is C10H21N2O5P. The number of carboxylic acid groups (broad SMARTS) is 1. The topological polar surface area (TPSA) is 90.3 Å². The molecule has 0 aliphatic carbocycles. The Kier molecular flexibility index (Phi) is 6.98.